The number of fused-ring (bicyclic) bond motifs is 1. The molecule has 0 spiro atoms. The second kappa shape index (κ2) is 5.61. The number of nitrogens with one attached hydrogen (secondary N) is 1. The van der Waals surface area contributed by atoms with Gasteiger partial charge in [-0.05, 0) is 48.8 Å². The summed E-state index contributed by atoms with van der Waals surface area (Å²) in [4.78, 5) is 26.6. The Bertz CT molecular complexity index is 693. The summed E-state index contributed by atoms with van der Waals surface area (Å²) in [6.07, 6.45) is 3.31. The first-order valence-corrected chi connectivity index (χ1v) is 8.39. The summed E-state index contributed by atoms with van der Waals surface area (Å²) >= 11 is 2.84. The van der Waals surface area contributed by atoms with Crippen LogP contribution < -0.4 is 5.32 Å². The molecule has 2 aromatic heterocycles. The third-order valence-electron chi connectivity index (χ3n) is 3.55. The zero-order chi connectivity index (χ0) is 15.0. The van der Waals surface area contributed by atoms with Gasteiger partial charge in [0.2, 0.25) is 0 Å². The number of hydrogen-bond donors (Lipinski definition) is 1. The van der Waals surface area contributed by atoms with E-state index in [4.69, 9.17) is 4.74 Å². The highest BCUT2D eigenvalue weighted by Crippen LogP contribution is 2.33. The lowest BCUT2D eigenvalue weighted by atomic mass is 10.2. The molecular weight excluding hydrogens is 306 g/mol. The largest absolute Gasteiger partial charge is 0.465 e. The molecular formula is C15H15NO3S2. The summed E-state index contributed by atoms with van der Waals surface area (Å²) in [6, 6.07) is 1.97. The van der Waals surface area contributed by atoms with Crippen LogP contribution in [-0.2, 0) is 17.6 Å². The molecule has 0 aromatic carbocycles. The fourth-order valence-electron chi connectivity index (χ4n) is 2.46. The van der Waals surface area contributed by atoms with Crippen molar-refractivity contribution in [3.8, 4) is 0 Å². The predicted octanol–water partition coefficient (Wildman–Crippen LogP) is 3.65. The molecule has 0 atom stereocenters. The summed E-state index contributed by atoms with van der Waals surface area (Å²) in [7, 11) is 1.34. The van der Waals surface area contributed by atoms with Crippen LogP contribution in [0.4, 0.5) is 5.69 Å². The number of anilines is 1. The van der Waals surface area contributed by atoms with Gasteiger partial charge in [0, 0.05) is 4.88 Å². The van der Waals surface area contributed by atoms with E-state index in [-0.39, 0.29) is 5.91 Å². The van der Waals surface area contributed by atoms with Gasteiger partial charge in [0.05, 0.1) is 17.7 Å². The summed E-state index contributed by atoms with van der Waals surface area (Å²) in [6.45, 7) is 1.87. The van der Waals surface area contributed by atoms with Crippen molar-refractivity contribution >= 4 is 40.2 Å². The van der Waals surface area contributed by atoms with Crippen LogP contribution in [0, 0.1) is 6.92 Å². The van der Waals surface area contributed by atoms with Crippen molar-refractivity contribution in [1.29, 1.82) is 0 Å². The Balaban J connectivity index is 1.84. The lowest BCUT2D eigenvalue weighted by molar-refractivity contribution is 0.0607. The fraction of sp³-hybridized carbons (Fsp3) is 0.333. The molecule has 6 heteroatoms. The minimum absolute atomic E-state index is 0.152. The zero-order valence-corrected chi connectivity index (χ0v) is 13.5. The number of methoxy groups -OCH3 is 1. The molecule has 4 nitrogen and oxygen atoms in total. The Kier molecular flexibility index (Phi) is 3.82. The molecule has 1 aliphatic carbocycles. The lowest BCUT2D eigenvalue weighted by Gasteiger charge is -2.06. The van der Waals surface area contributed by atoms with Gasteiger partial charge in [-0.2, -0.15) is 0 Å². The number of rotatable bonds is 3. The van der Waals surface area contributed by atoms with Gasteiger partial charge >= 0.3 is 5.97 Å². The van der Waals surface area contributed by atoms with Gasteiger partial charge in [0.1, 0.15) is 4.88 Å². The Hall–Kier alpha value is -1.66. The van der Waals surface area contributed by atoms with E-state index in [1.165, 1.54) is 35.3 Å². The summed E-state index contributed by atoms with van der Waals surface area (Å²) in [5, 5.41) is 4.70. The van der Waals surface area contributed by atoms with Crippen molar-refractivity contribution < 1.29 is 14.3 Å². The molecule has 3 rings (SSSR count). The molecule has 2 aromatic rings. The number of ether oxygens (including phenoxy) is 1. The molecule has 0 aliphatic heterocycles. The summed E-state index contributed by atoms with van der Waals surface area (Å²) in [5.74, 6) is -0.571. The second-order valence-electron chi connectivity index (χ2n) is 4.98. The highest BCUT2D eigenvalue weighted by molar-refractivity contribution is 7.14. The van der Waals surface area contributed by atoms with Gasteiger partial charge in [0.15, 0.2) is 0 Å². The predicted molar refractivity (Wildman–Crippen MR) is 84.7 cm³/mol. The first kappa shape index (κ1) is 14.3. The van der Waals surface area contributed by atoms with Gasteiger partial charge < -0.3 is 10.1 Å². The van der Waals surface area contributed by atoms with Crippen molar-refractivity contribution in [2.75, 3.05) is 12.4 Å². The van der Waals surface area contributed by atoms with Crippen LogP contribution in [0.3, 0.4) is 0 Å². The van der Waals surface area contributed by atoms with Crippen molar-refractivity contribution in [2.24, 2.45) is 0 Å². The standard InChI is InChI=1S/C15H15NO3S2/c1-8-7-20-13(15(18)19-2)12(8)16-14(17)11-6-9-4-3-5-10(9)21-11/h6-7H,3-5H2,1-2H3,(H,16,17). The number of carbonyl (C=O) groups is 2. The third kappa shape index (κ3) is 2.61. The van der Waals surface area contributed by atoms with Crippen molar-refractivity contribution in [1.82, 2.24) is 0 Å². The van der Waals surface area contributed by atoms with Gasteiger partial charge in [0.25, 0.3) is 5.91 Å². The molecule has 1 N–H and O–H groups in total. The fourth-order valence-corrected chi connectivity index (χ4v) is 4.53. The zero-order valence-electron chi connectivity index (χ0n) is 11.8. The van der Waals surface area contributed by atoms with Crippen molar-refractivity contribution in [3.05, 3.63) is 37.2 Å². The molecule has 0 fully saturated rings. The van der Waals surface area contributed by atoms with E-state index in [9.17, 15) is 9.59 Å². The quantitative estimate of drug-likeness (QED) is 0.878. The second-order valence-corrected chi connectivity index (χ2v) is 7.00. The molecule has 110 valence electrons. The average Bonchev–Trinajstić information content (AvgIpc) is 3.13. The summed E-state index contributed by atoms with van der Waals surface area (Å²) in [5.41, 5.74) is 2.73. The first-order chi connectivity index (χ1) is 10.1. The van der Waals surface area contributed by atoms with E-state index in [1.807, 2.05) is 18.4 Å². The molecule has 0 saturated carbocycles. The minimum atomic E-state index is -0.419. The number of amides is 1. The molecule has 1 amide bonds. The van der Waals surface area contributed by atoms with E-state index in [2.05, 4.69) is 5.32 Å². The number of carbonyl (C=O) groups excluding carboxylic acids is 2. The molecule has 2 heterocycles. The van der Waals surface area contributed by atoms with Gasteiger partial charge in [-0.25, -0.2) is 4.79 Å². The number of aryl methyl sites for hydroxylation is 3. The molecule has 0 unspecified atom stereocenters. The van der Waals surface area contributed by atoms with Crippen LogP contribution >= 0.6 is 22.7 Å². The smallest absolute Gasteiger partial charge is 0.350 e. The van der Waals surface area contributed by atoms with E-state index < -0.39 is 5.97 Å². The maximum atomic E-state index is 12.4. The monoisotopic (exact) mass is 321 g/mol. The van der Waals surface area contributed by atoms with E-state index in [1.54, 1.807) is 11.3 Å². The van der Waals surface area contributed by atoms with Crippen LogP contribution in [0.5, 0.6) is 0 Å². The highest BCUT2D eigenvalue weighted by Gasteiger charge is 2.22. The van der Waals surface area contributed by atoms with E-state index in [0.29, 0.717) is 15.4 Å². The maximum Gasteiger partial charge on any atom is 0.350 e. The Labute approximate surface area is 130 Å². The SMILES string of the molecule is COC(=O)c1scc(C)c1NC(=O)c1cc2c(s1)CCC2. The Morgan fingerprint density at radius 3 is 2.86 bits per heavy atom. The molecule has 0 saturated heterocycles. The topological polar surface area (TPSA) is 55.4 Å². The summed E-state index contributed by atoms with van der Waals surface area (Å²) < 4.78 is 4.75. The average molecular weight is 321 g/mol. The van der Waals surface area contributed by atoms with Crippen LogP contribution in [0.1, 0.15) is 41.8 Å². The van der Waals surface area contributed by atoms with Crippen LogP contribution in [0.15, 0.2) is 11.4 Å². The first-order valence-electron chi connectivity index (χ1n) is 6.69. The number of thiophene rings is 2. The lowest BCUT2D eigenvalue weighted by Crippen LogP contribution is -2.13. The highest BCUT2D eigenvalue weighted by atomic mass is 32.1. The molecule has 21 heavy (non-hydrogen) atoms. The van der Waals surface area contributed by atoms with Crippen LogP contribution in [0.25, 0.3) is 0 Å². The molecule has 1 aliphatic rings. The number of esters is 1. The Morgan fingerprint density at radius 1 is 1.33 bits per heavy atom. The van der Waals surface area contributed by atoms with Gasteiger partial charge in [-0.3, -0.25) is 4.79 Å². The van der Waals surface area contributed by atoms with Crippen LogP contribution in [-0.4, -0.2) is 19.0 Å². The van der Waals surface area contributed by atoms with Crippen molar-refractivity contribution in [3.63, 3.8) is 0 Å². The normalized spacial score (nSPS) is 13.0. The van der Waals surface area contributed by atoms with E-state index in [0.717, 1.165) is 18.4 Å². The van der Waals surface area contributed by atoms with Crippen molar-refractivity contribution in [2.45, 2.75) is 26.2 Å². The van der Waals surface area contributed by atoms with Gasteiger partial charge in [-0.15, -0.1) is 22.7 Å². The maximum absolute atomic E-state index is 12.4. The third-order valence-corrected chi connectivity index (χ3v) is 5.87. The molecule has 0 radical (unpaired) electrons. The van der Waals surface area contributed by atoms with Gasteiger partial charge in [-0.1, -0.05) is 0 Å². The van der Waals surface area contributed by atoms with E-state index >= 15 is 0 Å². The Morgan fingerprint density at radius 2 is 2.14 bits per heavy atom. The minimum Gasteiger partial charge on any atom is -0.465 e. The number of hydrogen-bond acceptors (Lipinski definition) is 5. The van der Waals surface area contributed by atoms with Crippen LogP contribution in [0.2, 0.25) is 0 Å². The molecule has 0 bridgehead atoms.